The third-order valence-corrected chi connectivity index (χ3v) is 3.61. The first-order chi connectivity index (χ1) is 9.86. The van der Waals surface area contributed by atoms with Gasteiger partial charge in [0.2, 0.25) is 0 Å². The molecule has 0 amide bonds. The van der Waals surface area contributed by atoms with Gasteiger partial charge < -0.3 is 5.11 Å². The van der Waals surface area contributed by atoms with E-state index in [2.05, 4.69) is 17.0 Å². The van der Waals surface area contributed by atoms with Gasteiger partial charge in [-0.05, 0) is 25.5 Å². The number of hydrogen-bond acceptors (Lipinski definition) is 3. The fraction of sp³-hybridized carbons (Fsp3) is 0.467. The van der Waals surface area contributed by atoms with Gasteiger partial charge in [0, 0.05) is 22.7 Å². The molecule has 0 saturated heterocycles. The van der Waals surface area contributed by atoms with Crippen molar-refractivity contribution in [3.8, 4) is 0 Å². The summed E-state index contributed by atoms with van der Waals surface area (Å²) in [6.07, 6.45) is 5.89. The fourth-order valence-corrected chi connectivity index (χ4v) is 2.46. The third kappa shape index (κ3) is 6.04. The Kier molecular flexibility index (Phi) is 7.15. The SMILES string of the molecule is CCCCC(C)(O)c1ccc(Cl)cc1Cl.Cn1cncn1. The van der Waals surface area contributed by atoms with Crippen molar-refractivity contribution >= 4 is 23.2 Å². The number of hydrogen-bond donors (Lipinski definition) is 1. The Balaban J connectivity index is 0.000000304. The molecule has 1 heterocycles. The van der Waals surface area contributed by atoms with Crippen LogP contribution < -0.4 is 0 Å². The topological polar surface area (TPSA) is 50.9 Å². The smallest absolute Gasteiger partial charge is 0.137 e. The number of aromatic nitrogens is 3. The van der Waals surface area contributed by atoms with Crippen LogP contribution in [-0.4, -0.2) is 19.9 Å². The van der Waals surface area contributed by atoms with E-state index < -0.39 is 5.60 Å². The highest BCUT2D eigenvalue weighted by molar-refractivity contribution is 6.35. The number of aliphatic hydroxyl groups is 1. The lowest BCUT2D eigenvalue weighted by Gasteiger charge is -2.24. The van der Waals surface area contributed by atoms with E-state index in [1.54, 1.807) is 36.1 Å². The Morgan fingerprint density at radius 3 is 2.48 bits per heavy atom. The molecule has 4 nitrogen and oxygen atoms in total. The van der Waals surface area contributed by atoms with E-state index in [0.29, 0.717) is 16.5 Å². The van der Waals surface area contributed by atoms with Gasteiger partial charge in [0.05, 0.1) is 5.60 Å². The molecule has 0 aliphatic rings. The maximum Gasteiger partial charge on any atom is 0.137 e. The monoisotopic (exact) mass is 329 g/mol. The van der Waals surface area contributed by atoms with Gasteiger partial charge in [-0.25, -0.2) is 4.98 Å². The molecule has 0 aliphatic carbocycles. The molecule has 0 aliphatic heterocycles. The highest BCUT2D eigenvalue weighted by Crippen LogP contribution is 2.33. The van der Waals surface area contributed by atoms with E-state index in [4.69, 9.17) is 23.2 Å². The van der Waals surface area contributed by atoms with Crippen LogP contribution in [0.3, 0.4) is 0 Å². The van der Waals surface area contributed by atoms with Crippen molar-refractivity contribution in [3.63, 3.8) is 0 Å². The molecule has 0 bridgehead atoms. The number of rotatable bonds is 4. The summed E-state index contributed by atoms with van der Waals surface area (Å²) in [5.74, 6) is 0. The van der Waals surface area contributed by atoms with Gasteiger partial charge in [-0.3, -0.25) is 4.68 Å². The van der Waals surface area contributed by atoms with E-state index in [-0.39, 0.29) is 0 Å². The van der Waals surface area contributed by atoms with Crippen LogP contribution in [0.25, 0.3) is 0 Å². The largest absolute Gasteiger partial charge is 0.385 e. The molecular formula is C15H21Cl2N3O. The maximum absolute atomic E-state index is 10.3. The maximum atomic E-state index is 10.3. The Hall–Kier alpha value is -1.10. The zero-order valence-corrected chi connectivity index (χ0v) is 14.1. The average Bonchev–Trinajstić information content (AvgIpc) is 2.88. The predicted octanol–water partition coefficient (Wildman–Crippen LogP) is 4.21. The summed E-state index contributed by atoms with van der Waals surface area (Å²) in [5.41, 5.74) is -0.112. The summed E-state index contributed by atoms with van der Waals surface area (Å²) >= 11 is 11.9. The normalized spacial score (nSPS) is 13.2. The third-order valence-electron chi connectivity index (χ3n) is 3.06. The Morgan fingerprint density at radius 2 is 2.05 bits per heavy atom. The minimum Gasteiger partial charge on any atom is -0.385 e. The van der Waals surface area contributed by atoms with Crippen molar-refractivity contribution < 1.29 is 5.11 Å². The van der Waals surface area contributed by atoms with Gasteiger partial charge >= 0.3 is 0 Å². The van der Waals surface area contributed by atoms with Gasteiger partial charge in [-0.2, -0.15) is 5.10 Å². The van der Waals surface area contributed by atoms with Crippen molar-refractivity contribution in [1.29, 1.82) is 0 Å². The number of unbranched alkanes of at least 4 members (excludes halogenated alkanes) is 1. The molecule has 0 fully saturated rings. The molecular weight excluding hydrogens is 309 g/mol. The summed E-state index contributed by atoms with van der Waals surface area (Å²) in [5, 5.41) is 15.1. The second-order valence-corrected chi connectivity index (χ2v) is 5.91. The van der Waals surface area contributed by atoms with E-state index in [1.807, 2.05) is 7.05 Å². The van der Waals surface area contributed by atoms with Crippen LogP contribution in [0, 0.1) is 0 Å². The van der Waals surface area contributed by atoms with Crippen LogP contribution >= 0.6 is 23.2 Å². The average molecular weight is 330 g/mol. The summed E-state index contributed by atoms with van der Waals surface area (Å²) in [7, 11) is 1.83. The lowest BCUT2D eigenvalue weighted by atomic mass is 9.90. The Morgan fingerprint density at radius 1 is 1.33 bits per heavy atom. The Labute approximate surface area is 135 Å². The van der Waals surface area contributed by atoms with Crippen molar-refractivity contribution in [2.75, 3.05) is 0 Å². The van der Waals surface area contributed by atoms with Gasteiger partial charge in [0.15, 0.2) is 0 Å². The van der Waals surface area contributed by atoms with E-state index in [0.717, 1.165) is 18.4 Å². The van der Waals surface area contributed by atoms with Crippen molar-refractivity contribution in [3.05, 3.63) is 46.5 Å². The quantitative estimate of drug-likeness (QED) is 0.914. The van der Waals surface area contributed by atoms with Gasteiger partial charge in [-0.15, -0.1) is 0 Å². The van der Waals surface area contributed by atoms with Gasteiger partial charge in [0.25, 0.3) is 0 Å². The first-order valence-corrected chi connectivity index (χ1v) is 7.59. The molecule has 1 aromatic carbocycles. The first kappa shape index (κ1) is 18.0. The molecule has 21 heavy (non-hydrogen) atoms. The molecule has 0 spiro atoms. The van der Waals surface area contributed by atoms with Gasteiger partial charge in [-0.1, -0.05) is 49.0 Å². The molecule has 6 heteroatoms. The highest BCUT2D eigenvalue weighted by atomic mass is 35.5. The summed E-state index contributed by atoms with van der Waals surface area (Å²) in [6, 6.07) is 5.21. The van der Waals surface area contributed by atoms with Crippen LogP contribution in [0.2, 0.25) is 10.0 Å². The van der Waals surface area contributed by atoms with E-state index >= 15 is 0 Å². The number of nitrogens with zero attached hydrogens (tertiary/aromatic N) is 3. The zero-order chi connectivity index (χ0) is 15.9. The van der Waals surface area contributed by atoms with Crippen molar-refractivity contribution in [2.24, 2.45) is 7.05 Å². The van der Waals surface area contributed by atoms with Crippen LogP contribution in [0.15, 0.2) is 30.9 Å². The minimum atomic E-state index is -0.863. The highest BCUT2D eigenvalue weighted by Gasteiger charge is 2.24. The molecule has 116 valence electrons. The predicted molar refractivity (Wildman–Crippen MR) is 86.6 cm³/mol. The summed E-state index contributed by atoms with van der Waals surface area (Å²) in [4.78, 5) is 3.67. The van der Waals surface area contributed by atoms with Crippen LogP contribution in [-0.2, 0) is 12.6 Å². The van der Waals surface area contributed by atoms with Crippen LogP contribution in [0.5, 0.6) is 0 Å². The van der Waals surface area contributed by atoms with E-state index in [1.165, 1.54) is 6.33 Å². The standard InChI is InChI=1S/C12H16Cl2O.C3H5N3/c1-3-4-7-12(2,15)10-6-5-9(13)8-11(10)14;1-6-3-4-2-5-6/h5-6,8,15H,3-4,7H2,1-2H3;2-3H,1H3. The summed E-state index contributed by atoms with van der Waals surface area (Å²) in [6.45, 7) is 3.89. The molecule has 0 saturated carbocycles. The Bertz CT molecular complexity index is 542. The molecule has 0 radical (unpaired) electrons. The second kappa shape index (κ2) is 8.37. The first-order valence-electron chi connectivity index (χ1n) is 6.83. The van der Waals surface area contributed by atoms with Crippen molar-refractivity contribution in [1.82, 2.24) is 14.8 Å². The summed E-state index contributed by atoms with van der Waals surface area (Å²) < 4.78 is 1.64. The minimum absolute atomic E-state index is 0.531. The zero-order valence-electron chi connectivity index (χ0n) is 12.6. The van der Waals surface area contributed by atoms with Crippen LogP contribution in [0.1, 0.15) is 38.7 Å². The molecule has 2 rings (SSSR count). The fourth-order valence-electron chi connectivity index (χ4n) is 1.85. The molecule has 2 aromatic rings. The van der Waals surface area contributed by atoms with Crippen molar-refractivity contribution in [2.45, 2.75) is 38.7 Å². The molecule has 1 aromatic heterocycles. The number of benzene rings is 1. The lowest BCUT2D eigenvalue weighted by molar-refractivity contribution is 0.0455. The van der Waals surface area contributed by atoms with Gasteiger partial charge in [0.1, 0.15) is 12.7 Å². The number of aryl methyl sites for hydroxylation is 1. The van der Waals surface area contributed by atoms with Crippen LogP contribution in [0.4, 0.5) is 0 Å². The molecule has 1 atom stereocenters. The molecule has 1 unspecified atom stereocenters. The number of halogens is 2. The lowest BCUT2D eigenvalue weighted by Crippen LogP contribution is -2.21. The molecule has 1 N–H and O–H groups in total. The van der Waals surface area contributed by atoms with E-state index in [9.17, 15) is 5.11 Å². The second-order valence-electron chi connectivity index (χ2n) is 5.07.